The molecule has 2 aromatic rings. The number of carbonyl (C=O) groups is 2. The van der Waals surface area contributed by atoms with E-state index in [-0.39, 0.29) is 18.1 Å². The van der Waals surface area contributed by atoms with Crippen LogP contribution in [0.5, 0.6) is 0 Å². The fourth-order valence-electron chi connectivity index (χ4n) is 3.61. The molecule has 0 spiro atoms. The van der Waals surface area contributed by atoms with Gasteiger partial charge in [0.05, 0.1) is 19.1 Å². The molecule has 0 saturated heterocycles. The van der Waals surface area contributed by atoms with E-state index in [0.717, 1.165) is 5.56 Å². The monoisotopic (exact) mass is 438 g/mol. The molecule has 1 amide bonds. The third-order valence-electron chi connectivity index (χ3n) is 5.21. The van der Waals surface area contributed by atoms with Gasteiger partial charge in [-0.1, -0.05) is 12.1 Å². The number of esters is 1. The van der Waals surface area contributed by atoms with E-state index in [1.807, 2.05) is 12.1 Å². The minimum absolute atomic E-state index is 0.202. The van der Waals surface area contributed by atoms with Crippen LogP contribution < -0.4 is 0 Å². The third-order valence-corrected chi connectivity index (χ3v) is 5.21. The lowest BCUT2D eigenvalue weighted by atomic mass is 10.0. The van der Waals surface area contributed by atoms with Crippen molar-refractivity contribution >= 4 is 11.9 Å². The first-order valence-corrected chi connectivity index (χ1v) is 9.85. The molecule has 7 nitrogen and oxygen atoms in total. The van der Waals surface area contributed by atoms with Crippen LogP contribution in [-0.2, 0) is 30.8 Å². The number of fused-ring (bicyclic) bond motifs is 1. The number of aryl methyl sites for hydroxylation is 1. The first-order valence-electron chi connectivity index (χ1n) is 9.85. The predicted octanol–water partition coefficient (Wildman–Crippen LogP) is 2.88. The van der Waals surface area contributed by atoms with Gasteiger partial charge in [0, 0.05) is 58.0 Å². The van der Waals surface area contributed by atoms with Crippen molar-refractivity contribution in [3.05, 3.63) is 52.3 Å². The van der Waals surface area contributed by atoms with Crippen molar-refractivity contribution in [3.63, 3.8) is 0 Å². The molecule has 0 radical (unpaired) electrons. The van der Waals surface area contributed by atoms with Crippen molar-refractivity contribution in [1.82, 2.24) is 19.6 Å². The Kier molecular flexibility index (Phi) is 6.68. The Morgan fingerprint density at radius 2 is 1.87 bits per heavy atom. The highest BCUT2D eigenvalue weighted by Crippen LogP contribution is 2.27. The minimum atomic E-state index is -4.29. The second kappa shape index (κ2) is 9.09. The van der Waals surface area contributed by atoms with Crippen molar-refractivity contribution < 1.29 is 27.5 Å². The smallest absolute Gasteiger partial charge is 0.390 e. The largest absolute Gasteiger partial charge is 0.465 e. The summed E-state index contributed by atoms with van der Waals surface area (Å²) in [6.45, 7) is 1.31. The van der Waals surface area contributed by atoms with Crippen LogP contribution in [0.4, 0.5) is 13.2 Å². The first-order chi connectivity index (χ1) is 14.6. The Balaban J connectivity index is 1.80. The van der Waals surface area contributed by atoms with Crippen LogP contribution >= 0.6 is 0 Å². The topological polar surface area (TPSA) is 67.7 Å². The number of hydrogen-bond acceptors (Lipinski definition) is 5. The molecule has 0 fully saturated rings. The average molecular weight is 438 g/mol. The maximum Gasteiger partial charge on any atom is 0.390 e. The molecular weight excluding hydrogens is 413 g/mol. The van der Waals surface area contributed by atoms with Gasteiger partial charge in [-0.15, -0.1) is 0 Å². The predicted molar refractivity (Wildman–Crippen MR) is 107 cm³/mol. The molecule has 0 N–H and O–H groups in total. The number of rotatable bonds is 6. The van der Waals surface area contributed by atoms with Gasteiger partial charge in [0.1, 0.15) is 0 Å². The van der Waals surface area contributed by atoms with Crippen LogP contribution in [-0.4, -0.2) is 65.4 Å². The molecular formula is C21H25F3N4O3. The molecule has 168 valence electrons. The highest BCUT2D eigenvalue weighted by Gasteiger charge is 2.32. The summed E-state index contributed by atoms with van der Waals surface area (Å²) in [7, 11) is 4.50. The molecule has 1 aliphatic heterocycles. The molecule has 2 heterocycles. The van der Waals surface area contributed by atoms with Crippen LogP contribution in [0.3, 0.4) is 0 Å². The van der Waals surface area contributed by atoms with E-state index >= 15 is 0 Å². The Hall–Kier alpha value is -2.88. The third kappa shape index (κ3) is 5.43. The van der Waals surface area contributed by atoms with Crippen LogP contribution in [0, 0.1) is 0 Å². The second-order valence-corrected chi connectivity index (χ2v) is 7.71. The first kappa shape index (κ1) is 22.8. The van der Waals surface area contributed by atoms with Gasteiger partial charge in [0.25, 0.3) is 5.91 Å². The highest BCUT2D eigenvalue weighted by molar-refractivity contribution is 5.93. The lowest BCUT2D eigenvalue weighted by molar-refractivity contribution is -0.137. The van der Waals surface area contributed by atoms with E-state index in [9.17, 15) is 22.8 Å². The molecule has 1 aromatic carbocycles. The summed E-state index contributed by atoms with van der Waals surface area (Å²) >= 11 is 0. The van der Waals surface area contributed by atoms with Gasteiger partial charge in [-0.2, -0.15) is 18.3 Å². The maximum absolute atomic E-state index is 12.7. The number of benzene rings is 1. The van der Waals surface area contributed by atoms with Crippen LogP contribution in [0.15, 0.2) is 24.3 Å². The normalized spacial score (nSPS) is 14.3. The number of nitrogens with zero attached hydrogens (tertiary/aromatic N) is 4. The number of hydrogen-bond donors (Lipinski definition) is 0. The molecule has 0 unspecified atom stereocenters. The Bertz CT molecular complexity index is 952. The molecule has 3 rings (SSSR count). The van der Waals surface area contributed by atoms with E-state index in [2.05, 4.69) is 10.00 Å². The van der Waals surface area contributed by atoms with Crippen molar-refractivity contribution in [2.45, 2.75) is 38.7 Å². The number of methoxy groups -OCH3 is 1. The standard InChI is InChI=1S/C21H25F3N4O3/c1-26(2)19(29)18-16-13-27(12-14-4-6-15(7-5-14)20(30)31-3)10-8-17(16)28(25-18)11-9-21(22,23)24/h4-7H,8-13H2,1-3H3. The zero-order valence-corrected chi connectivity index (χ0v) is 17.7. The van der Waals surface area contributed by atoms with Crippen LogP contribution in [0.2, 0.25) is 0 Å². The van der Waals surface area contributed by atoms with Gasteiger partial charge in [-0.05, 0) is 17.7 Å². The molecule has 0 bridgehead atoms. The fourth-order valence-corrected chi connectivity index (χ4v) is 3.61. The molecule has 1 aliphatic rings. The quantitative estimate of drug-likeness (QED) is 0.649. The number of ether oxygens (including phenoxy) is 1. The van der Waals surface area contributed by atoms with Gasteiger partial charge < -0.3 is 9.64 Å². The molecule has 0 saturated carbocycles. The van der Waals surface area contributed by atoms with E-state index in [1.54, 1.807) is 26.2 Å². The Labute approximate surface area is 178 Å². The molecule has 31 heavy (non-hydrogen) atoms. The van der Waals surface area contributed by atoms with E-state index < -0.39 is 18.6 Å². The van der Waals surface area contributed by atoms with Gasteiger partial charge in [-0.25, -0.2) is 4.79 Å². The van der Waals surface area contributed by atoms with Gasteiger partial charge in [0.2, 0.25) is 0 Å². The summed E-state index contributed by atoms with van der Waals surface area (Å²) < 4.78 is 44.2. The number of carbonyl (C=O) groups excluding carboxylic acids is 2. The fraction of sp³-hybridized carbons (Fsp3) is 0.476. The summed E-state index contributed by atoms with van der Waals surface area (Å²) in [6, 6.07) is 7.04. The Morgan fingerprint density at radius 3 is 2.45 bits per heavy atom. The molecule has 0 atom stereocenters. The SMILES string of the molecule is COC(=O)c1ccc(CN2CCc3c(c(C(=O)N(C)C)nn3CCC(F)(F)F)C2)cc1. The van der Waals surface area contributed by atoms with Gasteiger partial charge in [0.15, 0.2) is 5.69 Å². The number of halogens is 3. The van der Waals surface area contributed by atoms with E-state index in [0.29, 0.717) is 42.9 Å². The molecule has 0 aliphatic carbocycles. The number of aromatic nitrogens is 2. The highest BCUT2D eigenvalue weighted by atomic mass is 19.4. The van der Waals surface area contributed by atoms with Crippen molar-refractivity contribution in [2.24, 2.45) is 0 Å². The Morgan fingerprint density at radius 1 is 1.19 bits per heavy atom. The van der Waals surface area contributed by atoms with Crippen molar-refractivity contribution in [1.29, 1.82) is 0 Å². The number of alkyl halides is 3. The summed E-state index contributed by atoms with van der Waals surface area (Å²) in [5.41, 5.74) is 3.00. The number of amides is 1. The summed E-state index contributed by atoms with van der Waals surface area (Å²) in [5.74, 6) is -0.737. The van der Waals surface area contributed by atoms with Crippen molar-refractivity contribution in [3.8, 4) is 0 Å². The summed E-state index contributed by atoms with van der Waals surface area (Å²) in [5, 5.41) is 4.25. The second-order valence-electron chi connectivity index (χ2n) is 7.71. The van der Waals surface area contributed by atoms with E-state index in [1.165, 1.54) is 16.7 Å². The maximum atomic E-state index is 12.7. The van der Waals surface area contributed by atoms with Gasteiger partial charge >= 0.3 is 12.1 Å². The molecule has 10 heteroatoms. The lowest BCUT2D eigenvalue weighted by Crippen LogP contribution is -2.32. The van der Waals surface area contributed by atoms with E-state index in [4.69, 9.17) is 4.74 Å². The average Bonchev–Trinajstić information content (AvgIpc) is 3.09. The molecule has 1 aromatic heterocycles. The zero-order chi connectivity index (χ0) is 22.8. The van der Waals surface area contributed by atoms with Crippen molar-refractivity contribution in [2.75, 3.05) is 27.7 Å². The van der Waals surface area contributed by atoms with Crippen LogP contribution in [0.25, 0.3) is 0 Å². The lowest BCUT2D eigenvalue weighted by Gasteiger charge is -2.28. The summed E-state index contributed by atoms with van der Waals surface area (Å²) in [6.07, 6.45) is -4.78. The van der Waals surface area contributed by atoms with Crippen LogP contribution in [0.1, 0.15) is 44.1 Å². The summed E-state index contributed by atoms with van der Waals surface area (Å²) in [4.78, 5) is 27.7. The minimum Gasteiger partial charge on any atom is -0.465 e. The van der Waals surface area contributed by atoms with Gasteiger partial charge in [-0.3, -0.25) is 14.4 Å². The zero-order valence-electron chi connectivity index (χ0n) is 17.7.